The Labute approximate surface area is 141 Å². The SMILES string of the molecule is O=C(C1CCCCC1)N1CCN(Cc2ccccc2Br)CC1. The molecule has 0 spiro atoms. The molecule has 3 nitrogen and oxygen atoms in total. The van der Waals surface area contributed by atoms with E-state index in [1.807, 2.05) is 6.07 Å². The molecule has 1 heterocycles. The van der Waals surface area contributed by atoms with Crippen molar-refractivity contribution < 1.29 is 4.79 Å². The van der Waals surface area contributed by atoms with Crippen molar-refractivity contribution in [3.05, 3.63) is 34.3 Å². The molecule has 0 unspecified atom stereocenters. The van der Waals surface area contributed by atoms with Gasteiger partial charge in [0, 0.05) is 43.1 Å². The van der Waals surface area contributed by atoms with Crippen LogP contribution in [0.3, 0.4) is 0 Å². The molecule has 0 N–H and O–H groups in total. The van der Waals surface area contributed by atoms with Crippen LogP contribution in [0.4, 0.5) is 0 Å². The summed E-state index contributed by atoms with van der Waals surface area (Å²) < 4.78 is 1.18. The van der Waals surface area contributed by atoms with Gasteiger partial charge in [-0.05, 0) is 24.5 Å². The number of nitrogens with zero attached hydrogens (tertiary/aromatic N) is 2. The minimum atomic E-state index is 0.309. The third kappa shape index (κ3) is 3.90. The Kier molecular flexibility index (Phi) is 5.53. The van der Waals surface area contributed by atoms with Crippen LogP contribution in [0.5, 0.6) is 0 Å². The molecule has 0 bridgehead atoms. The van der Waals surface area contributed by atoms with Crippen LogP contribution in [0.25, 0.3) is 0 Å². The Morgan fingerprint density at radius 1 is 1.05 bits per heavy atom. The van der Waals surface area contributed by atoms with E-state index in [1.54, 1.807) is 0 Å². The van der Waals surface area contributed by atoms with Crippen molar-refractivity contribution >= 4 is 21.8 Å². The molecule has 4 heteroatoms. The molecule has 1 aliphatic carbocycles. The Bertz CT molecular complexity index is 506. The zero-order valence-corrected chi connectivity index (χ0v) is 14.7. The van der Waals surface area contributed by atoms with Gasteiger partial charge in [-0.1, -0.05) is 53.4 Å². The van der Waals surface area contributed by atoms with Gasteiger partial charge in [0.15, 0.2) is 0 Å². The lowest BCUT2D eigenvalue weighted by Crippen LogP contribution is -2.50. The topological polar surface area (TPSA) is 23.6 Å². The fourth-order valence-electron chi connectivity index (χ4n) is 3.60. The molecular formula is C18H25BrN2O. The van der Waals surface area contributed by atoms with Crippen molar-refractivity contribution in [1.82, 2.24) is 9.80 Å². The number of carbonyl (C=O) groups excluding carboxylic acids is 1. The van der Waals surface area contributed by atoms with E-state index >= 15 is 0 Å². The number of hydrogen-bond acceptors (Lipinski definition) is 2. The Hall–Kier alpha value is -0.870. The lowest BCUT2D eigenvalue weighted by molar-refractivity contribution is -0.138. The van der Waals surface area contributed by atoms with Gasteiger partial charge in [0.2, 0.25) is 5.91 Å². The molecule has 2 fully saturated rings. The first-order valence-corrected chi connectivity index (χ1v) is 9.28. The Balaban J connectivity index is 1.50. The summed E-state index contributed by atoms with van der Waals surface area (Å²) >= 11 is 3.62. The molecule has 0 atom stereocenters. The largest absolute Gasteiger partial charge is 0.340 e. The standard InChI is InChI=1S/C18H25BrN2O/c19-17-9-5-4-8-16(17)14-20-10-12-21(13-11-20)18(22)15-6-2-1-3-7-15/h4-5,8-9,15H,1-3,6-7,10-14H2. The third-order valence-corrected chi connectivity index (χ3v) is 5.76. The van der Waals surface area contributed by atoms with Crippen LogP contribution in [0.1, 0.15) is 37.7 Å². The van der Waals surface area contributed by atoms with Gasteiger partial charge in [-0.2, -0.15) is 0 Å². The van der Waals surface area contributed by atoms with Gasteiger partial charge in [0.05, 0.1) is 0 Å². The molecule has 0 radical (unpaired) electrons. The van der Waals surface area contributed by atoms with E-state index in [1.165, 1.54) is 29.3 Å². The number of rotatable bonds is 3. The van der Waals surface area contributed by atoms with Gasteiger partial charge in [0.1, 0.15) is 0 Å². The molecule has 1 aromatic rings. The van der Waals surface area contributed by atoms with Crippen LogP contribution in [0, 0.1) is 5.92 Å². The van der Waals surface area contributed by atoms with Gasteiger partial charge < -0.3 is 4.90 Å². The van der Waals surface area contributed by atoms with E-state index in [9.17, 15) is 4.79 Å². The molecule has 0 aromatic heterocycles. The third-order valence-electron chi connectivity index (χ3n) is 4.99. The van der Waals surface area contributed by atoms with E-state index in [0.717, 1.165) is 45.6 Å². The highest BCUT2D eigenvalue weighted by Gasteiger charge is 2.28. The molecule has 2 aliphatic rings. The predicted octanol–water partition coefficient (Wildman–Crippen LogP) is 3.67. The molecule has 1 saturated carbocycles. The van der Waals surface area contributed by atoms with E-state index in [2.05, 4.69) is 43.9 Å². The lowest BCUT2D eigenvalue weighted by atomic mass is 9.88. The monoisotopic (exact) mass is 364 g/mol. The van der Waals surface area contributed by atoms with Crippen LogP contribution < -0.4 is 0 Å². The summed E-state index contributed by atoms with van der Waals surface area (Å²) in [5.41, 5.74) is 1.33. The van der Waals surface area contributed by atoms with Crippen molar-refractivity contribution in [3.8, 4) is 0 Å². The summed E-state index contributed by atoms with van der Waals surface area (Å²) in [5.74, 6) is 0.726. The number of amides is 1. The van der Waals surface area contributed by atoms with E-state index < -0.39 is 0 Å². The van der Waals surface area contributed by atoms with Crippen LogP contribution in [-0.4, -0.2) is 41.9 Å². The van der Waals surface area contributed by atoms with Crippen LogP contribution in [0.15, 0.2) is 28.7 Å². The first-order valence-electron chi connectivity index (χ1n) is 8.48. The molecule has 1 aliphatic heterocycles. The maximum Gasteiger partial charge on any atom is 0.225 e. The molecule has 3 rings (SSSR count). The van der Waals surface area contributed by atoms with Crippen molar-refractivity contribution in [2.45, 2.75) is 38.6 Å². The van der Waals surface area contributed by atoms with Gasteiger partial charge in [0.25, 0.3) is 0 Å². The molecule has 1 amide bonds. The van der Waals surface area contributed by atoms with Crippen molar-refractivity contribution in [2.75, 3.05) is 26.2 Å². The van der Waals surface area contributed by atoms with Gasteiger partial charge in [-0.25, -0.2) is 0 Å². The second-order valence-corrected chi connectivity index (χ2v) is 7.38. The Morgan fingerprint density at radius 2 is 1.73 bits per heavy atom. The minimum absolute atomic E-state index is 0.309. The van der Waals surface area contributed by atoms with Gasteiger partial charge in [-0.3, -0.25) is 9.69 Å². The van der Waals surface area contributed by atoms with Crippen LogP contribution in [-0.2, 0) is 11.3 Å². The zero-order valence-electron chi connectivity index (χ0n) is 13.1. The number of hydrogen-bond donors (Lipinski definition) is 0. The average molecular weight is 365 g/mol. The van der Waals surface area contributed by atoms with Crippen LogP contribution >= 0.6 is 15.9 Å². The van der Waals surface area contributed by atoms with E-state index in [0.29, 0.717) is 11.8 Å². The van der Waals surface area contributed by atoms with Crippen LogP contribution in [0.2, 0.25) is 0 Å². The molecule has 120 valence electrons. The summed E-state index contributed by atoms with van der Waals surface area (Å²) in [4.78, 5) is 17.1. The number of piperazine rings is 1. The van der Waals surface area contributed by atoms with E-state index in [4.69, 9.17) is 0 Å². The maximum absolute atomic E-state index is 12.6. The maximum atomic E-state index is 12.6. The van der Waals surface area contributed by atoms with E-state index in [-0.39, 0.29) is 0 Å². The number of benzene rings is 1. The first kappa shape index (κ1) is 16.0. The number of halogens is 1. The Morgan fingerprint density at radius 3 is 2.41 bits per heavy atom. The summed E-state index contributed by atoms with van der Waals surface area (Å²) in [6, 6.07) is 8.40. The summed E-state index contributed by atoms with van der Waals surface area (Å²) in [6.07, 6.45) is 5.99. The number of carbonyl (C=O) groups is 1. The highest BCUT2D eigenvalue weighted by atomic mass is 79.9. The molecule has 1 saturated heterocycles. The van der Waals surface area contributed by atoms with Crippen molar-refractivity contribution in [1.29, 1.82) is 0 Å². The highest BCUT2D eigenvalue weighted by molar-refractivity contribution is 9.10. The second kappa shape index (κ2) is 7.60. The quantitative estimate of drug-likeness (QED) is 0.816. The average Bonchev–Trinajstić information content (AvgIpc) is 2.58. The highest BCUT2D eigenvalue weighted by Crippen LogP contribution is 2.26. The smallest absolute Gasteiger partial charge is 0.225 e. The summed E-state index contributed by atoms with van der Waals surface area (Å²) in [7, 11) is 0. The zero-order chi connectivity index (χ0) is 15.4. The molecule has 22 heavy (non-hydrogen) atoms. The van der Waals surface area contributed by atoms with Gasteiger partial charge in [-0.15, -0.1) is 0 Å². The minimum Gasteiger partial charge on any atom is -0.340 e. The molecular weight excluding hydrogens is 340 g/mol. The fourth-order valence-corrected chi connectivity index (χ4v) is 4.01. The molecule has 1 aromatic carbocycles. The fraction of sp³-hybridized carbons (Fsp3) is 0.611. The second-order valence-electron chi connectivity index (χ2n) is 6.53. The summed E-state index contributed by atoms with van der Waals surface area (Å²) in [5, 5.41) is 0. The first-order chi connectivity index (χ1) is 10.7. The van der Waals surface area contributed by atoms with Crippen molar-refractivity contribution in [2.24, 2.45) is 5.92 Å². The van der Waals surface area contributed by atoms with Crippen molar-refractivity contribution in [3.63, 3.8) is 0 Å². The van der Waals surface area contributed by atoms with Gasteiger partial charge >= 0.3 is 0 Å². The predicted molar refractivity (Wildman–Crippen MR) is 92.6 cm³/mol. The normalized spacial score (nSPS) is 21.0. The summed E-state index contributed by atoms with van der Waals surface area (Å²) in [6.45, 7) is 4.71. The lowest BCUT2D eigenvalue weighted by Gasteiger charge is -2.37.